The second-order valence-corrected chi connectivity index (χ2v) is 9.62. The molecule has 0 saturated carbocycles. The molecular weight excluding hydrogens is 404 g/mol. The summed E-state index contributed by atoms with van der Waals surface area (Å²) in [5.41, 5.74) is 1.97. The molecule has 5 nitrogen and oxygen atoms in total. The Morgan fingerprint density at radius 3 is 2.67 bits per heavy atom. The smallest absolute Gasteiger partial charge is 0.243 e. The van der Waals surface area contributed by atoms with Crippen molar-refractivity contribution in [2.45, 2.75) is 17.9 Å². The molecule has 1 aromatic heterocycles. The Labute approximate surface area is 167 Å². The highest BCUT2D eigenvalue weighted by atomic mass is 35.5. The molecule has 0 unspecified atom stereocenters. The van der Waals surface area contributed by atoms with Crippen molar-refractivity contribution in [2.24, 2.45) is 0 Å². The number of sulfonamides is 1. The van der Waals surface area contributed by atoms with Gasteiger partial charge in [0, 0.05) is 28.4 Å². The average Bonchev–Trinajstić information content (AvgIpc) is 3.11. The third-order valence-electron chi connectivity index (χ3n) is 4.47. The molecule has 2 heterocycles. The molecule has 0 radical (unpaired) electrons. The zero-order valence-corrected chi connectivity index (χ0v) is 16.9. The van der Waals surface area contributed by atoms with Crippen LogP contribution in [0.15, 0.2) is 53.4 Å². The van der Waals surface area contributed by atoms with Gasteiger partial charge in [0.1, 0.15) is 10.8 Å². The largest absolute Gasteiger partial charge is 0.497 e. The SMILES string of the molecule is COc1ccc(-c2nc3c(s2)CN(S(=O)(=O)c2cccc(Cl)c2)CC3)cc1. The molecule has 1 aliphatic rings. The maximum absolute atomic E-state index is 12.9. The number of ether oxygens (including phenoxy) is 1. The van der Waals surface area contributed by atoms with Crippen molar-refractivity contribution in [2.75, 3.05) is 13.7 Å². The topological polar surface area (TPSA) is 59.5 Å². The molecule has 0 amide bonds. The lowest BCUT2D eigenvalue weighted by Crippen LogP contribution is -2.35. The number of halogens is 1. The Bertz CT molecular complexity index is 1080. The molecule has 1 aliphatic heterocycles. The highest BCUT2D eigenvalue weighted by Gasteiger charge is 2.30. The molecule has 4 rings (SSSR count). The highest BCUT2D eigenvalue weighted by molar-refractivity contribution is 7.89. The zero-order valence-electron chi connectivity index (χ0n) is 14.6. The van der Waals surface area contributed by atoms with Crippen molar-refractivity contribution in [3.8, 4) is 16.3 Å². The van der Waals surface area contributed by atoms with E-state index in [1.165, 1.54) is 21.7 Å². The van der Waals surface area contributed by atoms with E-state index in [0.717, 1.165) is 26.9 Å². The summed E-state index contributed by atoms with van der Waals surface area (Å²) >= 11 is 7.50. The van der Waals surface area contributed by atoms with Crippen LogP contribution >= 0.6 is 22.9 Å². The standard InChI is InChI=1S/C19H17ClN2O3S2/c1-25-15-7-5-13(6-8-15)19-21-17-9-10-22(12-18(17)26-19)27(23,24)16-4-2-3-14(20)11-16/h2-8,11H,9-10,12H2,1H3. The van der Waals surface area contributed by atoms with Gasteiger partial charge in [-0.15, -0.1) is 11.3 Å². The Kier molecular flexibility index (Phi) is 4.94. The van der Waals surface area contributed by atoms with Crippen molar-refractivity contribution in [3.05, 3.63) is 64.1 Å². The monoisotopic (exact) mass is 420 g/mol. The van der Waals surface area contributed by atoms with Gasteiger partial charge in [-0.2, -0.15) is 4.31 Å². The number of benzene rings is 2. The number of fused-ring (bicyclic) bond motifs is 1. The van der Waals surface area contributed by atoms with Crippen molar-refractivity contribution >= 4 is 33.0 Å². The molecule has 0 aliphatic carbocycles. The molecule has 2 aromatic carbocycles. The van der Waals surface area contributed by atoms with Crippen LogP contribution < -0.4 is 4.74 Å². The van der Waals surface area contributed by atoms with E-state index in [0.29, 0.717) is 24.5 Å². The third-order valence-corrected chi connectivity index (χ3v) is 7.67. The fourth-order valence-corrected chi connectivity index (χ4v) is 5.93. The predicted octanol–water partition coefficient (Wildman–Crippen LogP) is 4.22. The van der Waals surface area contributed by atoms with E-state index in [9.17, 15) is 8.42 Å². The number of rotatable bonds is 4. The summed E-state index contributed by atoms with van der Waals surface area (Å²) in [5.74, 6) is 0.791. The van der Waals surface area contributed by atoms with Gasteiger partial charge in [-0.25, -0.2) is 13.4 Å². The normalized spacial score (nSPS) is 14.7. The van der Waals surface area contributed by atoms with E-state index in [4.69, 9.17) is 21.3 Å². The summed E-state index contributed by atoms with van der Waals surface area (Å²) in [6.07, 6.45) is 0.599. The van der Waals surface area contributed by atoms with Crippen LogP contribution in [0.5, 0.6) is 5.75 Å². The van der Waals surface area contributed by atoms with E-state index in [1.54, 1.807) is 25.3 Å². The minimum Gasteiger partial charge on any atom is -0.497 e. The Balaban J connectivity index is 1.61. The molecule has 27 heavy (non-hydrogen) atoms. The second-order valence-electron chi connectivity index (χ2n) is 6.16. The van der Waals surface area contributed by atoms with E-state index in [2.05, 4.69) is 0 Å². The molecule has 3 aromatic rings. The van der Waals surface area contributed by atoms with Crippen LogP contribution in [0.4, 0.5) is 0 Å². The van der Waals surface area contributed by atoms with Gasteiger partial charge in [0.2, 0.25) is 10.0 Å². The minimum absolute atomic E-state index is 0.221. The maximum Gasteiger partial charge on any atom is 0.243 e. The first-order valence-corrected chi connectivity index (χ1v) is 11.0. The minimum atomic E-state index is -3.58. The van der Waals surface area contributed by atoms with Crippen LogP contribution in [0.2, 0.25) is 5.02 Å². The summed E-state index contributed by atoms with van der Waals surface area (Å²) in [6.45, 7) is 0.742. The molecule has 0 bridgehead atoms. The van der Waals surface area contributed by atoms with Gasteiger partial charge in [0.15, 0.2) is 0 Å². The molecule has 8 heteroatoms. The fourth-order valence-electron chi connectivity index (χ4n) is 3.01. The lowest BCUT2D eigenvalue weighted by molar-refractivity contribution is 0.393. The van der Waals surface area contributed by atoms with Crippen molar-refractivity contribution in [1.29, 1.82) is 0 Å². The van der Waals surface area contributed by atoms with E-state index >= 15 is 0 Å². The number of hydrogen-bond acceptors (Lipinski definition) is 5. The number of methoxy groups -OCH3 is 1. The van der Waals surface area contributed by atoms with Gasteiger partial charge in [-0.1, -0.05) is 17.7 Å². The molecule has 0 atom stereocenters. The number of thiazole rings is 1. The molecule has 0 saturated heterocycles. The summed E-state index contributed by atoms with van der Waals surface area (Å²) in [6, 6.07) is 14.1. The van der Waals surface area contributed by atoms with E-state index in [1.807, 2.05) is 24.3 Å². The number of hydrogen-bond donors (Lipinski definition) is 0. The van der Waals surface area contributed by atoms with Gasteiger partial charge in [-0.3, -0.25) is 0 Å². The first kappa shape index (κ1) is 18.4. The van der Waals surface area contributed by atoms with Gasteiger partial charge >= 0.3 is 0 Å². The Morgan fingerprint density at radius 2 is 1.96 bits per heavy atom. The first-order chi connectivity index (χ1) is 13.0. The summed E-state index contributed by atoms with van der Waals surface area (Å²) in [7, 11) is -1.95. The summed E-state index contributed by atoms with van der Waals surface area (Å²) < 4.78 is 32.6. The summed E-state index contributed by atoms with van der Waals surface area (Å²) in [5, 5.41) is 1.30. The summed E-state index contributed by atoms with van der Waals surface area (Å²) in [4.78, 5) is 5.92. The molecule has 0 N–H and O–H groups in total. The van der Waals surface area contributed by atoms with Crippen molar-refractivity contribution in [3.63, 3.8) is 0 Å². The van der Waals surface area contributed by atoms with Crippen LogP contribution in [0, 0.1) is 0 Å². The predicted molar refractivity (Wildman–Crippen MR) is 107 cm³/mol. The van der Waals surface area contributed by atoms with Gasteiger partial charge < -0.3 is 4.74 Å². The Morgan fingerprint density at radius 1 is 1.19 bits per heavy atom. The number of nitrogens with zero attached hydrogens (tertiary/aromatic N) is 2. The Hall–Kier alpha value is -1.93. The van der Waals surface area contributed by atoms with Gasteiger partial charge in [0.05, 0.1) is 24.2 Å². The van der Waals surface area contributed by atoms with Crippen LogP contribution in [-0.4, -0.2) is 31.4 Å². The van der Waals surface area contributed by atoms with E-state index in [-0.39, 0.29) is 4.90 Å². The molecular formula is C19H17ClN2O3S2. The van der Waals surface area contributed by atoms with Crippen LogP contribution in [0.25, 0.3) is 10.6 Å². The lowest BCUT2D eigenvalue weighted by atomic mass is 10.2. The highest BCUT2D eigenvalue weighted by Crippen LogP contribution is 2.34. The maximum atomic E-state index is 12.9. The quantitative estimate of drug-likeness (QED) is 0.634. The average molecular weight is 421 g/mol. The molecule has 140 valence electrons. The van der Waals surface area contributed by atoms with Crippen molar-refractivity contribution < 1.29 is 13.2 Å². The molecule has 0 fully saturated rings. The van der Waals surface area contributed by atoms with Crippen LogP contribution in [0.1, 0.15) is 10.6 Å². The van der Waals surface area contributed by atoms with Gasteiger partial charge in [0.25, 0.3) is 0 Å². The van der Waals surface area contributed by atoms with Crippen molar-refractivity contribution in [1.82, 2.24) is 9.29 Å². The molecule has 0 spiro atoms. The van der Waals surface area contributed by atoms with E-state index < -0.39 is 10.0 Å². The number of aromatic nitrogens is 1. The van der Waals surface area contributed by atoms with Crippen LogP contribution in [-0.2, 0) is 23.0 Å². The third kappa shape index (κ3) is 3.60. The second kappa shape index (κ2) is 7.24. The zero-order chi connectivity index (χ0) is 19.0. The van der Waals surface area contributed by atoms with Crippen LogP contribution in [0.3, 0.4) is 0 Å². The first-order valence-electron chi connectivity index (χ1n) is 8.36. The van der Waals surface area contributed by atoms with Gasteiger partial charge in [-0.05, 0) is 42.5 Å². The lowest BCUT2D eigenvalue weighted by Gasteiger charge is -2.25. The fraction of sp³-hybridized carbons (Fsp3) is 0.211.